The van der Waals surface area contributed by atoms with Gasteiger partial charge < -0.3 is 15.1 Å². The smallest absolute Gasteiger partial charge is 0.261 e. The fourth-order valence-electron chi connectivity index (χ4n) is 4.49. The summed E-state index contributed by atoms with van der Waals surface area (Å²) in [7, 11) is 2.19. The highest BCUT2D eigenvalue weighted by Crippen LogP contribution is 2.37. The van der Waals surface area contributed by atoms with Crippen LogP contribution in [-0.2, 0) is 6.42 Å². The van der Waals surface area contributed by atoms with Gasteiger partial charge in [0.2, 0.25) is 0 Å². The molecule has 1 amide bonds. The molecular weight excluding hydrogens is 366 g/mol. The van der Waals surface area contributed by atoms with Gasteiger partial charge in [-0.15, -0.1) is 11.3 Å². The van der Waals surface area contributed by atoms with Crippen molar-refractivity contribution in [3.63, 3.8) is 0 Å². The molecule has 1 saturated carbocycles. The molecule has 0 spiro atoms. The van der Waals surface area contributed by atoms with Crippen LogP contribution in [0.1, 0.15) is 53.8 Å². The SMILES string of the molecule is CN(CCNC(=O)c1ccc(N2CCCc3ccccc32)s1)C1CCCCC1. The third-order valence-corrected chi connectivity index (χ3v) is 7.25. The number of aryl methyl sites for hydroxylation is 1. The number of hydrogen-bond acceptors (Lipinski definition) is 4. The number of anilines is 2. The lowest BCUT2D eigenvalue weighted by Crippen LogP contribution is -2.39. The van der Waals surface area contributed by atoms with Crippen molar-refractivity contribution in [3.05, 3.63) is 46.8 Å². The van der Waals surface area contributed by atoms with Crippen molar-refractivity contribution in [1.29, 1.82) is 0 Å². The van der Waals surface area contributed by atoms with E-state index in [1.54, 1.807) is 11.3 Å². The zero-order chi connectivity index (χ0) is 19.3. The second-order valence-corrected chi connectivity index (χ2v) is 9.11. The average molecular weight is 398 g/mol. The molecule has 0 radical (unpaired) electrons. The first kappa shape index (κ1) is 19.5. The van der Waals surface area contributed by atoms with E-state index >= 15 is 0 Å². The summed E-state index contributed by atoms with van der Waals surface area (Å²) in [6.45, 7) is 2.66. The van der Waals surface area contributed by atoms with E-state index < -0.39 is 0 Å². The number of thiophene rings is 1. The first-order valence-corrected chi connectivity index (χ1v) is 11.5. The van der Waals surface area contributed by atoms with Gasteiger partial charge in [-0.3, -0.25) is 4.79 Å². The van der Waals surface area contributed by atoms with Crippen LogP contribution in [0.4, 0.5) is 10.7 Å². The number of benzene rings is 1. The van der Waals surface area contributed by atoms with E-state index in [2.05, 4.69) is 52.5 Å². The molecule has 1 fully saturated rings. The number of carbonyl (C=O) groups excluding carboxylic acids is 1. The number of fused-ring (bicyclic) bond motifs is 1. The van der Waals surface area contributed by atoms with Crippen LogP contribution in [0, 0.1) is 0 Å². The van der Waals surface area contributed by atoms with Crippen molar-refractivity contribution in [2.24, 2.45) is 0 Å². The molecule has 1 N–H and O–H groups in total. The van der Waals surface area contributed by atoms with Crippen LogP contribution in [0.15, 0.2) is 36.4 Å². The molecule has 28 heavy (non-hydrogen) atoms. The Kier molecular flexibility index (Phi) is 6.33. The maximum absolute atomic E-state index is 12.6. The van der Waals surface area contributed by atoms with Crippen LogP contribution in [0.5, 0.6) is 0 Å². The molecule has 1 aromatic heterocycles. The highest BCUT2D eigenvalue weighted by atomic mass is 32.1. The lowest BCUT2D eigenvalue weighted by atomic mass is 9.94. The van der Waals surface area contributed by atoms with Gasteiger partial charge in [-0.05, 0) is 56.5 Å². The average Bonchev–Trinajstić information content (AvgIpc) is 3.24. The van der Waals surface area contributed by atoms with Crippen molar-refractivity contribution in [1.82, 2.24) is 10.2 Å². The largest absolute Gasteiger partial charge is 0.350 e. The molecule has 2 aromatic rings. The van der Waals surface area contributed by atoms with Gasteiger partial charge in [-0.1, -0.05) is 37.5 Å². The molecule has 1 aliphatic carbocycles. The van der Waals surface area contributed by atoms with Gasteiger partial charge in [0, 0.05) is 31.4 Å². The number of likely N-dealkylation sites (N-methyl/N-ethyl adjacent to an activating group) is 1. The fraction of sp³-hybridized carbons (Fsp3) is 0.522. The molecule has 1 aliphatic heterocycles. The summed E-state index contributed by atoms with van der Waals surface area (Å²) in [5.74, 6) is 0.0542. The molecule has 150 valence electrons. The third-order valence-electron chi connectivity index (χ3n) is 6.14. The van der Waals surface area contributed by atoms with E-state index in [0.717, 1.165) is 35.8 Å². The second kappa shape index (κ2) is 9.10. The maximum atomic E-state index is 12.6. The van der Waals surface area contributed by atoms with Gasteiger partial charge in [-0.2, -0.15) is 0 Å². The van der Waals surface area contributed by atoms with Gasteiger partial charge in [0.15, 0.2) is 0 Å². The second-order valence-electron chi connectivity index (χ2n) is 8.05. The highest BCUT2D eigenvalue weighted by Gasteiger charge is 2.21. The third kappa shape index (κ3) is 4.41. The van der Waals surface area contributed by atoms with Crippen LogP contribution in [0.2, 0.25) is 0 Å². The summed E-state index contributed by atoms with van der Waals surface area (Å²) in [5, 5.41) is 4.28. The first-order valence-electron chi connectivity index (χ1n) is 10.7. The Morgan fingerprint density at radius 3 is 2.82 bits per heavy atom. The normalized spacial score (nSPS) is 17.6. The Morgan fingerprint density at radius 1 is 1.14 bits per heavy atom. The van der Waals surface area contributed by atoms with Crippen LogP contribution >= 0.6 is 11.3 Å². The lowest BCUT2D eigenvalue weighted by molar-refractivity contribution is 0.0948. The number of carbonyl (C=O) groups is 1. The molecule has 0 saturated heterocycles. The van der Waals surface area contributed by atoms with E-state index in [-0.39, 0.29) is 5.91 Å². The van der Waals surface area contributed by atoms with Crippen molar-refractivity contribution in [2.45, 2.75) is 51.0 Å². The first-order chi connectivity index (χ1) is 13.7. The van der Waals surface area contributed by atoms with Crippen LogP contribution < -0.4 is 10.2 Å². The highest BCUT2D eigenvalue weighted by molar-refractivity contribution is 7.18. The van der Waals surface area contributed by atoms with Gasteiger partial charge in [0.25, 0.3) is 5.91 Å². The Bertz CT molecular complexity index is 797. The Hall–Kier alpha value is -1.85. The summed E-state index contributed by atoms with van der Waals surface area (Å²) in [5.41, 5.74) is 2.69. The summed E-state index contributed by atoms with van der Waals surface area (Å²) >= 11 is 1.60. The standard InChI is InChI=1S/C23H31N3OS/c1-25(19-10-3-2-4-11-19)17-15-24-23(27)21-13-14-22(28-21)26-16-7-9-18-8-5-6-12-20(18)26/h5-6,8,12-14,19H,2-4,7,9-11,15-17H2,1H3,(H,24,27). The van der Waals surface area contributed by atoms with Crippen LogP contribution in [0.25, 0.3) is 0 Å². The van der Waals surface area contributed by atoms with Crippen molar-refractivity contribution < 1.29 is 4.79 Å². The Morgan fingerprint density at radius 2 is 1.96 bits per heavy atom. The topological polar surface area (TPSA) is 35.6 Å². The predicted molar refractivity (Wildman–Crippen MR) is 118 cm³/mol. The van der Waals surface area contributed by atoms with E-state index in [1.807, 2.05) is 6.07 Å². The number of hydrogen-bond donors (Lipinski definition) is 1. The van der Waals surface area contributed by atoms with Gasteiger partial charge in [0.05, 0.1) is 9.88 Å². The van der Waals surface area contributed by atoms with Crippen LogP contribution in [-0.4, -0.2) is 43.5 Å². The molecule has 4 rings (SSSR count). The number of nitrogens with zero attached hydrogens (tertiary/aromatic N) is 2. The molecule has 2 heterocycles. The quantitative estimate of drug-likeness (QED) is 0.758. The monoisotopic (exact) mass is 397 g/mol. The van der Waals surface area contributed by atoms with Gasteiger partial charge >= 0.3 is 0 Å². The summed E-state index contributed by atoms with van der Waals surface area (Å²) in [6, 6.07) is 13.4. The van der Waals surface area contributed by atoms with Gasteiger partial charge in [0.1, 0.15) is 0 Å². The number of para-hydroxylation sites is 1. The van der Waals surface area contributed by atoms with Crippen molar-refractivity contribution in [2.75, 3.05) is 31.6 Å². The number of amides is 1. The number of nitrogens with one attached hydrogen (secondary N) is 1. The minimum absolute atomic E-state index is 0.0542. The molecule has 4 nitrogen and oxygen atoms in total. The summed E-state index contributed by atoms with van der Waals surface area (Å²) in [4.78, 5) is 18.2. The molecule has 1 aromatic carbocycles. The van der Waals surface area contributed by atoms with Crippen molar-refractivity contribution in [3.8, 4) is 0 Å². The summed E-state index contributed by atoms with van der Waals surface area (Å²) in [6.07, 6.45) is 8.97. The van der Waals surface area contributed by atoms with E-state index in [4.69, 9.17) is 0 Å². The van der Waals surface area contributed by atoms with Crippen molar-refractivity contribution >= 4 is 27.9 Å². The van der Waals surface area contributed by atoms with E-state index in [9.17, 15) is 4.79 Å². The fourth-order valence-corrected chi connectivity index (χ4v) is 5.46. The van der Waals surface area contributed by atoms with Gasteiger partial charge in [-0.25, -0.2) is 0 Å². The molecule has 2 aliphatic rings. The van der Waals surface area contributed by atoms with Crippen LogP contribution in [0.3, 0.4) is 0 Å². The minimum Gasteiger partial charge on any atom is -0.350 e. The molecule has 5 heteroatoms. The minimum atomic E-state index is 0.0542. The lowest BCUT2D eigenvalue weighted by Gasteiger charge is -2.31. The maximum Gasteiger partial charge on any atom is 0.261 e. The Labute approximate surface area is 172 Å². The van der Waals surface area contributed by atoms with E-state index in [0.29, 0.717) is 12.6 Å². The van der Waals surface area contributed by atoms with E-state index in [1.165, 1.54) is 43.4 Å². The summed E-state index contributed by atoms with van der Waals surface area (Å²) < 4.78 is 0. The molecule has 0 unspecified atom stereocenters. The molecular formula is C23H31N3OS. The zero-order valence-electron chi connectivity index (χ0n) is 16.8. The Balaban J connectivity index is 1.32. The number of rotatable bonds is 6. The molecule has 0 bridgehead atoms. The zero-order valence-corrected chi connectivity index (χ0v) is 17.6. The predicted octanol–water partition coefficient (Wildman–Crippen LogP) is 4.83. The molecule has 0 atom stereocenters.